The number of aliphatic hydroxyl groups is 1. The van der Waals surface area contributed by atoms with Gasteiger partial charge in [-0.25, -0.2) is 19.3 Å². The van der Waals surface area contributed by atoms with Crippen molar-refractivity contribution >= 4 is 37.6 Å². The number of carboxylic acid groups (broad SMARTS) is 1. The zero-order chi connectivity index (χ0) is 46.2. The van der Waals surface area contributed by atoms with Gasteiger partial charge in [0.1, 0.15) is 23.4 Å². The van der Waals surface area contributed by atoms with Crippen molar-refractivity contribution in [1.82, 2.24) is 29.5 Å². The summed E-state index contributed by atoms with van der Waals surface area (Å²) in [5.74, 6) is 3.75. The Bertz CT molecular complexity index is 2240. The number of aryl methyl sites for hydroxylation is 1. The number of nitrogens with zero attached hydrogens (tertiary/aromatic N) is 8. The lowest BCUT2D eigenvalue weighted by atomic mass is 9.96. The molecule has 5 aromatic rings. The van der Waals surface area contributed by atoms with Gasteiger partial charge in [0.25, 0.3) is 0 Å². The molecule has 346 valence electrons. The molecule has 0 spiro atoms. The van der Waals surface area contributed by atoms with Gasteiger partial charge in [-0.2, -0.15) is 4.98 Å². The Kier molecular flexibility index (Phi) is 15.8. The highest BCUT2D eigenvalue weighted by Gasteiger charge is 2.37. The molecule has 6 rings (SSSR count). The highest BCUT2D eigenvalue weighted by Crippen LogP contribution is 2.37. The number of aliphatic hydroxyl groups excluding tert-OH is 1. The summed E-state index contributed by atoms with van der Waals surface area (Å²) in [6.45, 7) is 19.2. The number of fused-ring (bicyclic) bond motifs is 1. The molecular formula is C48H69N9O6Si. The summed E-state index contributed by atoms with van der Waals surface area (Å²) in [6.07, 6.45) is 5.81. The Morgan fingerprint density at radius 2 is 1.56 bits per heavy atom. The van der Waals surface area contributed by atoms with Gasteiger partial charge in [0, 0.05) is 64.2 Å². The number of methoxy groups -OCH3 is 2. The molecule has 2 unspecified atom stereocenters. The minimum Gasteiger partial charge on any atom is -0.497 e. The Morgan fingerprint density at radius 1 is 0.953 bits per heavy atom. The largest absolute Gasteiger partial charge is 0.497 e. The van der Waals surface area contributed by atoms with Gasteiger partial charge >= 0.3 is 6.09 Å². The lowest BCUT2D eigenvalue weighted by molar-refractivity contribution is 0.145. The predicted octanol–water partition coefficient (Wildman–Crippen LogP) is 8.95. The number of benzene rings is 2. The number of hydrogen-bond acceptors (Lipinski definition) is 12. The minimum absolute atomic E-state index is 0.0381. The summed E-state index contributed by atoms with van der Waals surface area (Å²) in [4.78, 5) is 32.2. The lowest BCUT2D eigenvalue weighted by Crippen LogP contribution is -2.41. The van der Waals surface area contributed by atoms with Crippen molar-refractivity contribution in [1.29, 1.82) is 0 Å². The van der Waals surface area contributed by atoms with Gasteiger partial charge in [-0.05, 0) is 104 Å². The SMILES string of the molecule is CCCC(CCO[Si](C)(C)C(C)(C)C)Nc1nc(N(Cc2ccc(OC)cc2)Cc2ccc(OC)cc2)c2ncc(C(O)c3cnc(N4CCC(CN(C)C(=O)O)CC4)c(C)c3)n2n1. The van der Waals surface area contributed by atoms with Crippen LogP contribution in [0.5, 0.6) is 11.5 Å². The van der Waals surface area contributed by atoms with E-state index in [-0.39, 0.29) is 11.1 Å². The van der Waals surface area contributed by atoms with Crippen LogP contribution in [0.4, 0.5) is 22.4 Å². The minimum atomic E-state index is -1.96. The van der Waals surface area contributed by atoms with Crippen molar-refractivity contribution in [2.45, 2.75) is 110 Å². The van der Waals surface area contributed by atoms with Crippen LogP contribution in [-0.2, 0) is 17.5 Å². The van der Waals surface area contributed by atoms with Crippen molar-refractivity contribution in [3.63, 3.8) is 0 Å². The molecule has 1 aliphatic rings. The molecule has 2 aromatic carbocycles. The standard InChI is InChI=1S/C48H69N9O6Si/c1-11-12-38(23-26-63-64(9,10)48(3,4)5)51-46-52-45(56(31-34-13-17-39(61-7)18-14-34)32-35-15-19-40(62-8)20-16-35)44-50-29-41(57(44)53-46)42(58)37-27-33(2)43(49-28-37)55-24-21-36(22-25-55)30-54(6)47(59)60/h13-20,27-29,36,38,42,58H,11-12,21-26,30-32H2,1-10H3,(H,51,53)(H,59,60). The molecule has 0 saturated carbocycles. The third-order valence-corrected chi connectivity index (χ3v) is 17.4. The summed E-state index contributed by atoms with van der Waals surface area (Å²) in [6, 6.07) is 18.1. The second-order valence-corrected chi connectivity index (χ2v) is 23.5. The van der Waals surface area contributed by atoms with Gasteiger partial charge in [0.15, 0.2) is 19.8 Å². The van der Waals surface area contributed by atoms with Crippen molar-refractivity contribution < 1.29 is 28.9 Å². The van der Waals surface area contributed by atoms with E-state index in [4.69, 9.17) is 34.0 Å². The number of imidazole rings is 1. The number of carbonyl (C=O) groups is 1. The van der Waals surface area contributed by atoms with Crippen LogP contribution in [0.15, 0.2) is 67.0 Å². The van der Waals surface area contributed by atoms with E-state index in [0.717, 1.165) is 79.2 Å². The van der Waals surface area contributed by atoms with Crippen LogP contribution in [0.1, 0.15) is 93.9 Å². The van der Waals surface area contributed by atoms with Gasteiger partial charge in [0.05, 0.1) is 26.1 Å². The Morgan fingerprint density at radius 3 is 2.09 bits per heavy atom. The van der Waals surface area contributed by atoms with E-state index in [1.807, 2.05) is 37.3 Å². The van der Waals surface area contributed by atoms with Crippen LogP contribution in [-0.4, -0.2) is 108 Å². The van der Waals surface area contributed by atoms with Crippen LogP contribution in [0.3, 0.4) is 0 Å². The van der Waals surface area contributed by atoms with Crippen LogP contribution < -0.4 is 24.6 Å². The predicted molar refractivity (Wildman–Crippen MR) is 255 cm³/mol. The number of ether oxygens (including phenoxy) is 2. The lowest BCUT2D eigenvalue weighted by Gasteiger charge is -2.36. The second-order valence-electron chi connectivity index (χ2n) is 18.7. The fourth-order valence-corrected chi connectivity index (χ4v) is 9.04. The molecule has 16 heteroatoms. The molecule has 15 nitrogen and oxygen atoms in total. The van der Waals surface area contributed by atoms with Gasteiger partial charge in [0.2, 0.25) is 5.95 Å². The Balaban J connectivity index is 1.36. The maximum absolute atomic E-state index is 12.2. The molecule has 2 atom stereocenters. The first kappa shape index (κ1) is 48.0. The summed E-state index contributed by atoms with van der Waals surface area (Å²) in [5.41, 5.74) is 4.66. The third kappa shape index (κ3) is 11.8. The summed E-state index contributed by atoms with van der Waals surface area (Å²) >= 11 is 0. The van der Waals surface area contributed by atoms with Gasteiger partial charge < -0.3 is 44.1 Å². The first-order valence-electron chi connectivity index (χ1n) is 22.5. The number of amides is 1. The van der Waals surface area contributed by atoms with E-state index in [2.05, 4.69) is 80.2 Å². The summed E-state index contributed by atoms with van der Waals surface area (Å²) in [5, 5.41) is 30.4. The first-order valence-corrected chi connectivity index (χ1v) is 25.4. The van der Waals surface area contributed by atoms with E-state index in [1.165, 1.54) is 4.90 Å². The maximum atomic E-state index is 12.2. The van der Waals surface area contributed by atoms with E-state index >= 15 is 0 Å². The molecule has 1 amide bonds. The number of pyridine rings is 1. The van der Waals surface area contributed by atoms with E-state index in [9.17, 15) is 15.0 Å². The molecule has 0 bridgehead atoms. The van der Waals surface area contributed by atoms with E-state index in [1.54, 1.807) is 38.2 Å². The van der Waals surface area contributed by atoms with Gasteiger partial charge in [-0.1, -0.05) is 58.4 Å². The van der Waals surface area contributed by atoms with Crippen LogP contribution in [0.25, 0.3) is 5.65 Å². The van der Waals surface area contributed by atoms with Crippen LogP contribution in [0.2, 0.25) is 18.1 Å². The van der Waals surface area contributed by atoms with Crippen LogP contribution in [0, 0.1) is 12.8 Å². The molecule has 64 heavy (non-hydrogen) atoms. The molecule has 0 radical (unpaired) electrons. The molecule has 1 saturated heterocycles. The number of aromatic nitrogens is 5. The Labute approximate surface area is 379 Å². The molecular weight excluding hydrogens is 827 g/mol. The zero-order valence-electron chi connectivity index (χ0n) is 39.5. The monoisotopic (exact) mass is 896 g/mol. The zero-order valence-corrected chi connectivity index (χ0v) is 40.5. The average Bonchev–Trinajstić information content (AvgIpc) is 3.70. The number of nitrogens with one attached hydrogen (secondary N) is 1. The van der Waals surface area contributed by atoms with Gasteiger partial charge in [-0.3, -0.25) is 0 Å². The smallest absolute Gasteiger partial charge is 0.407 e. The molecule has 3 aromatic heterocycles. The third-order valence-electron chi connectivity index (χ3n) is 12.9. The molecule has 4 heterocycles. The number of anilines is 3. The number of hydrogen-bond donors (Lipinski definition) is 3. The summed E-state index contributed by atoms with van der Waals surface area (Å²) < 4.78 is 19.3. The fourth-order valence-electron chi connectivity index (χ4n) is 7.98. The normalized spacial score (nSPS) is 14.6. The number of piperidine rings is 1. The maximum Gasteiger partial charge on any atom is 0.407 e. The quantitative estimate of drug-likeness (QED) is 0.0636. The number of rotatable bonds is 20. The molecule has 3 N–H and O–H groups in total. The Hall–Kier alpha value is -5.45. The first-order chi connectivity index (χ1) is 30.5. The second kappa shape index (κ2) is 21.0. The van der Waals surface area contributed by atoms with Gasteiger partial charge in [-0.15, -0.1) is 5.10 Å². The van der Waals surface area contributed by atoms with Crippen molar-refractivity contribution in [3.05, 3.63) is 94.9 Å². The summed E-state index contributed by atoms with van der Waals surface area (Å²) in [7, 11) is 2.99. The van der Waals surface area contributed by atoms with Crippen molar-refractivity contribution in [2.24, 2.45) is 5.92 Å². The topological polar surface area (TPSA) is 163 Å². The molecule has 0 aliphatic carbocycles. The average molecular weight is 896 g/mol. The van der Waals surface area contributed by atoms with Crippen molar-refractivity contribution in [3.8, 4) is 11.5 Å². The van der Waals surface area contributed by atoms with Crippen LogP contribution >= 0.6 is 0 Å². The molecule has 1 aliphatic heterocycles. The van der Waals surface area contributed by atoms with E-state index in [0.29, 0.717) is 60.8 Å². The van der Waals surface area contributed by atoms with Crippen molar-refractivity contribution in [2.75, 3.05) is 62.6 Å². The highest BCUT2D eigenvalue weighted by atomic mass is 28.4. The highest BCUT2D eigenvalue weighted by molar-refractivity contribution is 6.74. The van der Waals surface area contributed by atoms with E-state index < -0.39 is 20.5 Å². The molecule has 1 fully saturated rings. The fraction of sp³-hybridized carbons (Fsp3) is 0.521.